The number of hydrogen-bond acceptors (Lipinski definition) is 2. The van der Waals surface area contributed by atoms with E-state index in [0.717, 1.165) is 11.1 Å². The first-order valence-electron chi connectivity index (χ1n) is 8.18. The predicted octanol–water partition coefficient (Wildman–Crippen LogP) is 2.60. The third-order valence-electron chi connectivity index (χ3n) is 4.37. The van der Waals surface area contributed by atoms with Crippen LogP contribution in [0, 0.1) is 5.41 Å². The first-order valence-corrected chi connectivity index (χ1v) is 8.18. The molecule has 24 heavy (non-hydrogen) atoms. The van der Waals surface area contributed by atoms with Gasteiger partial charge >= 0.3 is 0 Å². The highest BCUT2D eigenvalue weighted by Gasteiger charge is 2.36. The van der Waals surface area contributed by atoms with Crippen molar-refractivity contribution in [3.05, 3.63) is 71.8 Å². The zero-order chi connectivity index (χ0) is 17.4. The molecule has 0 saturated carbocycles. The van der Waals surface area contributed by atoms with Crippen LogP contribution in [-0.2, 0) is 22.4 Å². The van der Waals surface area contributed by atoms with E-state index in [2.05, 4.69) is 0 Å². The molecule has 0 aliphatic rings. The zero-order valence-electron chi connectivity index (χ0n) is 13.8. The fourth-order valence-corrected chi connectivity index (χ4v) is 3.11. The lowest BCUT2D eigenvalue weighted by Gasteiger charge is -2.31. The first kappa shape index (κ1) is 17.7. The molecule has 2 aromatic rings. The Bertz CT molecular complexity index is 627. The summed E-state index contributed by atoms with van der Waals surface area (Å²) in [5.74, 6) is -0.688. The molecule has 0 heterocycles. The molecule has 0 bridgehead atoms. The maximum atomic E-state index is 12.4. The molecule has 2 amide bonds. The number of hydrogen-bond donors (Lipinski definition) is 2. The molecule has 0 aromatic heterocycles. The summed E-state index contributed by atoms with van der Waals surface area (Å²) in [6, 6.07) is 19.7. The third-order valence-corrected chi connectivity index (χ3v) is 4.37. The molecular formula is C20H24N2O2. The van der Waals surface area contributed by atoms with Crippen LogP contribution in [-0.4, -0.2) is 11.8 Å². The largest absolute Gasteiger partial charge is 0.370 e. The summed E-state index contributed by atoms with van der Waals surface area (Å²) in [5.41, 5.74) is 12.5. The van der Waals surface area contributed by atoms with Crippen LogP contribution in [0.2, 0.25) is 0 Å². The van der Waals surface area contributed by atoms with E-state index in [1.807, 2.05) is 60.7 Å². The van der Waals surface area contributed by atoms with Crippen molar-refractivity contribution in [1.29, 1.82) is 0 Å². The second-order valence-electron chi connectivity index (χ2n) is 6.29. The quantitative estimate of drug-likeness (QED) is 0.743. The Morgan fingerprint density at radius 3 is 1.62 bits per heavy atom. The minimum Gasteiger partial charge on any atom is -0.370 e. The van der Waals surface area contributed by atoms with Gasteiger partial charge in [-0.25, -0.2) is 0 Å². The van der Waals surface area contributed by atoms with Gasteiger partial charge in [0, 0.05) is 6.42 Å². The minimum absolute atomic E-state index is 0.263. The minimum atomic E-state index is -0.724. The third kappa shape index (κ3) is 4.95. The average molecular weight is 324 g/mol. The highest BCUT2D eigenvalue weighted by Crippen LogP contribution is 2.33. The van der Waals surface area contributed by atoms with Crippen molar-refractivity contribution in [3.63, 3.8) is 0 Å². The standard InChI is InChI=1S/C20H24N2O2/c21-18(23)12-7-13-20(19(22)24,14-16-8-3-1-4-9-16)15-17-10-5-2-6-11-17/h1-6,8-11H,7,12-15H2,(H2,21,23)(H2,22,24). The summed E-state index contributed by atoms with van der Waals surface area (Å²) >= 11 is 0. The molecule has 4 nitrogen and oxygen atoms in total. The summed E-state index contributed by atoms with van der Waals surface area (Å²) in [4.78, 5) is 23.5. The number of carbonyl (C=O) groups excluding carboxylic acids is 2. The maximum Gasteiger partial charge on any atom is 0.224 e. The Labute approximate surface area is 142 Å². The number of nitrogens with two attached hydrogens (primary N) is 2. The average Bonchev–Trinajstić information content (AvgIpc) is 2.56. The Hall–Kier alpha value is -2.62. The summed E-state index contributed by atoms with van der Waals surface area (Å²) in [5, 5.41) is 0. The highest BCUT2D eigenvalue weighted by atomic mass is 16.1. The normalized spacial score (nSPS) is 11.2. The van der Waals surface area contributed by atoms with Gasteiger partial charge < -0.3 is 11.5 Å². The first-order chi connectivity index (χ1) is 11.5. The van der Waals surface area contributed by atoms with Crippen molar-refractivity contribution in [2.45, 2.75) is 32.1 Å². The summed E-state index contributed by atoms with van der Waals surface area (Å²) in [7, 11) is 0. The topological polar surface area (TPSA) is 86.2 Å². The zero-order valence-corrected chi connectivity index (χ0v) is 13.8. The molecule has 0 aliphatic carbocycles. The Morgan fingerprint density at radius 1 is 0.792 bits per heavy atom. The van der Waals surface area contributed by atoms with Crippen molar-refractivity contribution in [1.82, 2.24) is 0 Å². The van der Waals surface area contributed by atoms with Gasteiger partial charge in [-0.15, -0.1) is 0 Å². The van der Waals surface area contributed by atoms with Crippen LogP contribution in [0.15, 0.2) is 60.7 Å². The molecule has 0 aliphatic heterocycles. The lowest BCUT2D eigenvalue weighted by Crippen LogP contribution is -2.41. The number of benzene rings is 2. The summed E-state index contributed by atoms with van der Waals surface area (Å²) in [6.45, 7) is 0. The molecule has 4 heteroatoms. The number of rotatable bonds is 9. The van der Waals surface area contributed by atoms with Gasteiger partial charge in [-0.1, -0.05) is 60.7 Å². The van der Waals surface area contributed by atoms with Crippen LogP contribution >= 0.6 is 0 Å². The van der Waals surface area contributed by atoms with Crippen molar-refractivity contribution in [2.75, 3.05) is 0 Å². The molecule has 0 atom stereocenters. The molecule has 0 fully saturated rings. The van der Waals surface area contributed by atoms with Gasteiger partial charge in [0.25, 0.3) is 0 Å². The number of primary amides is 2. The van der Waals surface area contributed by atoms with Crippen LogP contribution in [0.1, 0.15) is 30.4 Å². The molecule has 0 saturated heterocycles. The van der Waals surface area contributed by atoms with Crippen molar-refractivity contribution < 1.29 is 9.59 Å². The Morgan fingerprint density at radius 2 is 1.25 bits per heavy atom. The van der Waals surface area contributed by atoms with Gasteiger partial charge in [-0.05, 0) is 36.8 Å². The molecule has 0 unspecified atom stereocenters. The van der Waals surface area contributed by atoms with E-state index in [-0.39, 0.29) is 18.2 Å². The van der Waals surface area contributed by atoms with E-state index < -0.39 is 5.41 Å². The molecule has 126 valence electrons. The van der Waals surface area contributed by atoms with E-state index in [4.69, 9.17) is 11.5 Å². The van der Waals surface area contributed by atoms with Crippen molar-refractivity contribution in [3.8, 4) is 0 Å². The van der Waals surface area contributed by atoms with Crippen molar-refractivity contribution in [2.24, 2.45) is 16.9 Å². The molecule has 2 aromatic carbocycles. The van der Waals surface area contributed by atoms with Gasteiger partial charge in [0.05, 0.1) is 5.41 Å². The Kier molecular flexibility index (Phi) is 6.13. The van der Waals surface area contributed by atoms with E-state index in [1.165, 1.54) is 0 Å². The fraction of sp³-hybridized carbons (Fsp3) is 0.300. The van der Waals surface area contributed by atoms with E-state index in [0.29, 0.717) is 25.7 Å². The molecular weight excluding hydrogens is 300 g/mol. The second kappa shape index (κ2) is 8.29. The Balaban J connectivity index is 2.28. The fourth-order valence-electron chi connectivity index (χ4n) is 3.11. The van der Waals surface area contributed by atoms with Gasteiger partial charge in [0.15, 0.2) is 0 Å². The number of amides is 2. The van der Waals surface area contributed by atoms with E-state index in [1.54, 1.807) is 0 Å². The van der Waals surface area contributed by atoms with Gasteiger partial charge in [-0.2, -0.15) is 0 Å². The van der Waals surface area contributed by atoms with E-state index in [9.17, 15) is 9.59 Å². The van der Waals surface area contributed by atoms with Gasteiger partial charge in [0.1, 0.15) is 0 Å². The predicted molar refractivity (Wildman–Crippen MR) is 95.0 cm³/mol. The summed E-state index contributed by atoms with van der Waals surface area (Å²) < 4.78 is 0. The molecule has 0 radical (unpaired) electrons. The van der Waals surface area contributed by atoms with Gasteiger partial charge in [-0.3, -0.25) is 9.59 Å². The molecule has 2 rings (SSSR count). The maximum absolute atomic E-state index is 12.4. The summed E-state index contributed by atoms with van der Waals surface area (Å²) in [6.07, 6.45) is 2.46. The van der Waals surface area contributed by atoms with Crippen LogP contribution in [0.3, 0.4) is 0 Å². The van der Waals surface area contributed by atoms with Crippen LogP contribution in [0.4, 0.5) is 0 Å². The monoisotopic (exact) mass is 324 g/mol. The van der Waals surface area contributed by atoms with Gasteiger partial charge in [0.2, 0.25) is 11.8 Å². The van der Waals surface area contributed by atoms with E-state index >= 15 is 0 Å². The molecule has 0 spiro atoms. The van der Waals surface area contributed by atoms with Crippen LogP contribution < -0.4 is 11.5 Å². The van der Waals surface area contributed by atoms with Crippen LogP contribution in [0.25, 0.3) is 0 Å². The smallest absolute Gasteiger partial charge is 0.224 e. The SMILES string of the molecule is NC(=O)CCCC(Cc1ccccc1)(Cc1ccccc1)C(N)=O. The molecule has 4 N–H and O–H groups in total. The lowest BCUT2D eigenvalue weighted by atomic mass is 9.72. The van der Waals surface area contributed by atoms with Crippen LogP contribution in [0.5, 0.6) is 0 Å². The highest BCUT2D eigenvalue weighted by molar-refractivity contribution is 5.81. The second-order valence-corrected chi connectivity index (χ2v) is 6.29. The van der Waals surface area contributed by atoms with Crippen molar-refractivity contribution >= 4 is 11.8 Å². The lowest BCUT2D eigenvalue weighted by molar-refractivity contribution is -0.128. The number of carbonyl (C=O) groups is 2.